The maximum atomic E-state index is 14.5. The lowest BCUT2D eigenvalue weighted by Gasteiger charge is -2.39. The summed E-state index contributed by atoms with van der Waals surface area (Å²) in [5, 5.41) is 12.6. The number of rotatable bonds is 9. The molecule has 2 atom stereocenters. The van der Waals surface area contributed by atoms with Crippen molar-refractivity contribution in [2.24, 2.45) is 0 Å². The quantitative estimate of drug-likeness (QED) is 0.255. The van der Waals surface area contributed by atoms with E-state index in [1.165, 1.54) is 12.1 Å². The van der Waals surface area contributed by atoms with Crippen LogP contribution < -0.4 is 4.74 Å². The summed E-state index contributed by atoms with van der Waals surface area (Å²) in [6.45, 7) is 0.596. The molecule has 186 valence electrons. The molecule has 0 spiro atoms. The fourth-order valence-electron chi connectivity index (χ4n) is 4.61. The molecule has 1 N–H and O–H groups in total. The zero-order chi connectivity index (χ0) is 25.7. The molecular weight excluding hydrogens is 519 g/mol. The Morgan fingerprint density at radius 3 is 2.33 bits per heavy atom. The molecule has 0 saturated carbocycles. The van der Waals surface area contributed by atoms with Gasteiger partial charge in [0, 0.05) is 34.3 Å². The lowest BCUT2D eigenvalue weighted by atomic mass is 9.71. The summed E-state index contributed by atoms with van der Waals surface area (Å²) in [7, 11) is 5.49. The number of hydrogen-bond donors (Lipinski definition) is 1. The minimum Gasteiger partial charge on any atom is -0.481 e. The van der Waals surface area contributed by atoms with Crippen molar-refractivity contribution in [3.05, 3.63) is 118 Å². The standard InChI is InChI=1S/C30H30BrFN2O2/c1-34(2)17-16-30(35,24-10-7-11-26(32)19-24)28(22-8-5-4-6-9-22)27-18-23(20-33-29(27)36-3)21-12-14-25(31)15-13-21/h4-15,18-20,28,35H,16-17H2,1-3H3. The predicted octanol–water partition coefficient (Wildman–Crippen LogP) is 6.63. The summed E-state index contributed by atoms with van der Waals surface area (Å²) in [5.41, 5.74) is 2.57. The van der Waals surface area contributed by atoms with Crippen LogP contribution in [0.25, 0.3) is 11.1 Å². The molecule has 0 aliphatic rings. The summed E-state index contributed by atoms with van der Waals surface area (Å²) >= 11 is 3.49. The van der Waals surface area contributed by atoms with Gasteiger partial charge in [-0.3, -0.25) is 0 Å². The third-order valence-electron chi connectivity index (χ3n) is 6.44. The van der Waals surface area contributed by atoms with Gasteiger partial charge in [0.1, 0.15) is 11.4 Å². The van der Waals surface area contributed by atoms with E-state index >= 15 is 0 Å². The Morgan fingerprint density at radius 2 is 1.69 bits per heavy atom. The summed E-state index contributed by atoms with van der Waals surface area (Å²) < 4.78 is 21.2. The number of nitrogens with zero attached hydrogens (tertiary/aromatic N) is 2. The second kappa shape index (κ2) is 11.3. The molecule has 36 heavy (non-hydrogen) atoms. The third-order valence-corrected chi connectivity index (χ3v) is 6.96. The van der Waals surface area contributed by atoms with Crippen LogP contribution in [0.3, 0.4) is 0 Å². The number of ether oxygens (including phenoxy) is 1. The van der Waals surface area contributed by atoms with E-state index in [0.29, 0.717) is 24.4 Å². The monoisotopic (exact) mass is 548 g/mol. The van der Waals surface area contributed by atoms with Gasteiger partial charge in [0.25, 0.3) is 0 Å². The van der Waals surface area contributed by atoms with Crippen molar-refractivity contribution in [1.29, 1.82) is 0 Å². The van der Waals surface area contributed by atoms with Gasteiger partial charge in [-0.2, -0.15) is 0 Å². The van der Waals surface area contributed by atoms with E-state index < -0.39 is 17.3 Å². The Kier molecular flexibility index (Phi) is 8.19. The highest BCUT2D eigenvalue weighted by molar-refractivity contribution is 9.10. The Balaban J connectivity index is 1.97. The molecule has 4 aromatic rings. The van der Waals surface area contributed by atoms with Crippen molar-refractivity contribution in [2.75, 3.05) is 27.7 Å². The van der Waals surface area contributed by atoms with Crippen LogP contribution in [-0.4, -0.2) is 42.7 Å². The van der Waals surface area contributed by atoms with Crippen molar-refractivity contribution in [2.45, 2.75) is 17.9 Å². The van der Waals surface area contributed by atoms with Gasteiger partial charge < -0.3 is 14.7 Å². The second-order valence-electron chi connectivity index (χ2n) is 9.16. The topological polar surface area (TPSA) is 45.6 Å². The Bertz CT molecular complexity index is 1300. The van der Waals surface area contributed by atoms with E-state index in [9.17, 15) is 9.50 Å². The predicted molar refractivity (Wildman–Crippen MR) is 146 cm³/mol. The molecule has 6 heteroatoms. The van der Waals surface area contributed by atoms with Gasteiger partial charge in [-0.15, -0.1) is 0 Å². The molecule has 0 radical (unpaired) electrons. The van der Waals surface area contributed by atoms with E-state index in [1.807, 2.05) is 79.7 Å². The zero-order valence-electron chi connectivity index (χ0n) is 20.7. The van der Waals surface area contributed by atoms with Gasteiger partial charge in [-0.05, 0) is 67.5 Å². The Labute approximate surface area is 220 Å². The van der Waals surface area contributed by atoms with Gasteiger partial charge in [0.2, 0.25) is 5.88 Å². The first-order valence-electron chi connectivity index (χ1n) is 11.8. The number of hydrogen-bond acceptors (Lipinski definition) is 4. The second-order valence-corrected chi connectivity index (χ2v) is 10.1. The SMILES string of the molecule is COc1ncc(-c2ccc(Br)cc2)cc1C(c1ccccc1)C(O)(CCN(C)C)c1cccc(F)c1. The largest absolute Gasteiger partial charge is 0.481 e. The highest BCUT2D eigenvalue weighted by Crippen LogP contribution is 2.47. The van der Waals surface area contributed by atoms with E-state index in [4.69, 9.17) is 4.74 Å². The van der Waals surface area contributed by atoms with Gasteiger partial charge >= 0.3 is 0 Å². The fraction of sp³-hybridized carbons (Fsp3) is 0.233. The molecule has 4 nitrogen and oxygen atoms in total. The van der Waals surface area contributed by atoms with E-state index in [2.05, 4.69) is 20.9 Å². The molecule has 3 aromatic carbocycles. The van der Waals surface area contributed by atoms with Crippen molar-refractivity contribution >= 4 is 15.9 Å². The lowest BCUT2D eigenvalue weighted by molar-refractivity contribution is 0.00351. The van der Waals surface area contributed by atoms with Crippen LogP contribution in [0.15, 0.2) is 95.6 Å². The van der Waals surface area contributed by atoms with Gasteiger partial charge in [-0.25, -0.2) is 9.37 Å². The van der Waals surface area contributed by atoms with Crippen LogP contribution in [0.1, 0.15) is 29.0 Å². The Morgan fingerprint density at radius 1 is 0.972 bits per heavy atom. The maximum Gasteiger partial charge on any atom is 0.217 e. The smallest absolute Gasteiger partial charge is 0.217 e. The number of methoxy groups -OCH3 is 1. The van der Waals surface area contributed by atoms with Gasteiger partial charge in [0.05, 0.1) is 7.11 Å². The average Bonchev–Trinajstić information content (AvgIpc) is 2.88. The van der Waals surface area contributed by atoms with Crippen molar-refractivity contribution in [1.82, 2.24) is 9.88 Å². The van der Waals surface area contributed by atoms with Crippen molar-refractivity contribution in [3.63, 3.8) is 0 Å². The van der Waals surface area contributed by atoms with Crippen molar-refractivity contribution < 1.29 is 14.2 Å². The fourth-order valence-corrected chi connectivity index (χ4v) is 4.88. The van der Waals surface area contributed by atoms with Crippen LogP contribution >= 0.6 is 15.9 Å². The van der Waals surface area contributed by atoms with Gasteiger partial charge in [0.15, 0.2) is 0 Å². The van der Waals surface area contributed by atoms with Crippen LogP contribution in [0.4, 0.5) is 4.39 Å². The number of pyridine rings is 1. The molecule has 0 fully saturated rings. The Hall–Kier alpha value is -3.06. The highest BCUT2D eigenvalue weighted by Gasteiger charge is 2.42. The minimum absolute atomic E-state index is 0.370. The van der Waals surface area contributed by atoms with E-state index in [0.717, 1.165) is 26.7 Å². The first-order valence-corrected chi connectivity index (χ1v) is 12.6. The molecule has 0 saturated heterocycles. The molecule has 2 unspecified atom stereocenters. The van der Waals surface area contributed by atoms with E-state index in [-0.39, 0.29) is 0 Å². The lowest BCUT2D eigenvalue weighted by Crippen LogP contribution is -2.38. The summed E-state index contributed by atoms with van der Waals surface area (Å²) in [4.78, 5) is 6.65. The average molecular weight is 549 g/mol. The van der Waals surface area contributed by atoms with Crippen molar-refractivity contribution in [3.8, 4) is 17.0 Å². The zero-order valence-corrected chi connectivity index (χ0v) is 22.2. The summed E-state index contributed by atoms with van der Waals surface area (Å²) in [5.74, 6) is -0.543. The molecule has 4 rings (SSSR count). The van der Waals surface area contributed by atoms with Crippen LogP contribution in [0.5, 0.6) is 5.88 Å². The van der Waals surface area contributed by atoms with Crippen LogP contribution in [0.2, 0.25) is 0 Å². The first-order chi connectivity index (χ1) is 17.3. The molecule has 1 aromatic heterocycles. The number of aliphatic hydroxyl groups is 1. The molecule has 1 heterocycles. The van der Waals surface area contributed by atoms with Crippen LogP contribution in [-0.2, 0) is 5.60 Å². The minimum atomic E-state index is -1.44. The third kappa shape index (κ3) is 5.67. The molecule has 0 aliphatic heterocycles. The number of benzene rings is 3. The maximum absolute atomic E-state index is 14.5. The first kappa shape index (κ1) is 26.0. The highest BCUT2D eigenvalue weighted by atomic mass is 79.9. The van der Waals surface area contributed by atoms with E-state index in [1.54, 1.807) is 25.4 Å². The molecule has 0 amide bonds. The number of halogens is 2. The molecule has 0 aliphatic carbocycles. The molecular formula is C30H30BrFN2O2. The molecule has 0 bridgehead atoms. The summed E-state index contributed by atoms with van der Waals surface area (Å²) in [6.07, 6.45) is 2.14. The normalized spacial score (nSPS) is 13.9. The number of aromatic nitrogens is 1. The summed E-state index contributed by atoms with van der Waals surface area (Å²) in [6, 6.07) is 26.0. The van der Waals surface area contributed by atoms with Gasteiger partial charge in [-0.1, -0.05) is 70.5 Å². The van der Waals surface area contributed by atoms with Crippen LogP contribution in [0, 0.1) is 5.82 Å².